The summed E-state index contributed by atoms with van der Waals surface area (Å²) < 4.78 is 3.83. The van der Waals surface area contributed by atoms with Gasteiger partial charge in [-0.1, -0.05) is 48.0 Å². The SMILES string of the molecule is Cc1nn(-c2ccccc2)c2c1C1(C(=O)Nc3ccc(Cl)cc31)C(C#N)=C(c1cn(C)c3ccccc13)N2. The number of hydrogen-bond acceptors (Lipinski definition) is 4. The molecule has 1 unspecified atom stereocenters. The van der Waals surface area contributed by atoms with Crippen LogP contribution < -0.4 is 10.6 Å². The minimum atomic E-state index is -1.43. The lowest BCUT2D eigenvalue weighted by Gasteiger charge is -2.34. The van der Waals surface area contributed by atoms with Gasteiger partial charge < -0.3 is 15.2 Å². The number of nitrogens with zero attached hydrogens (tertiary/aromatic N) is 4. The zero-order valence-corrected chi connectivity index (χ0v) is 21.3. The van der Waals surface area contributed by atoms with Crippen molar-refractivity contribution >= 4 is 45.6 Å². The maximum absolute atomic E-state index is 14.2. The van der Waals surface area contributed by atoms with Crippen LogP contribution in [0.25, 0.3) is 22.3 Å². The molecule has 2 aliphatic heterocycles. The Morgan fingerprint density at radius 3 is 2.58 bits per heavy atom. The molecule has 8 heteroatoms. The zero-order chi connectivity index (χ0) is 26.2. The summed E-state index contributed by atoms with van der Waals surface area (Å²) in [5, 5.41) is 23.7. The van der Waals surface area contributed by atoms with Crippen molar-refractivity contribution in [2.45, 2.75) is 12.3 Å². The largest absolute Gasteiger partial charge is 0.350 e. The molecule has 0 radical (unpaired) electrons. The maximum Gasteiger partial charge on any atom is 0.245 e. The number of benzene rings is 3. The Hall–Kier alpha value is -4.80. The molecule has 184 valence electrons. The van der Waals surface area contributed by atoms with Gasteiger partial charge in [0.15, 0.2) is 0 Å². The molecule has 2 N–H and O–H groups in total. The highest BCUT2D eigenvalue weighted by Crippen LogP contribution is 2.56. The maximum atomic E-state index is 14.2. The van der Waals surface area contributed by atoms with E-state index in [1.54, 1.807) is 18.2 Å². The fourth-order valence-corrected chi connectivity index (χ4v) is 6.17. The van der Waals surface area contributed by atoms with Crippen LogP contribution in [0.4, 0.5) is 11.5 Å². The highest BCUT2D eigenvalue weighted by molar-refractivity contribution is 6.31. The number of halogens is 1. The smallest absolute Gasteiger partial charge is 0.245 e. The van der Waals surface area contributed by atoms with Crippen LogP contribution in [0.3, 0.4) is 0 Å². The first-order chi connectivity index (χ1) is 18.4. The molecule has 2 aliphatic rings. The molecule has 2 aromatic heterocycles. The predicted octanol–water partition coefficient (Wildman–Crippen LogP) is 5.92. The number of anilines is 2. The van der Waals surface area contributed by atoms with Crippen molar-refractivity contribution in [3.63, 3.8) is 0 Å². The van der Waals surface area contributed by atoms with Gasteiger partial charge in [-0.2, -0.15) is 10.4 Å². The van der Waals surface area contributed by atoms with Crippen LogP contribution in [0.2, 0.25) is 5.02 Å². The van der Waals surface area contributed by atoms with E-state index in [-0.39, 0.29) is 5.91 Å². The molecule has 5 aromatic rings. The number of amides is 1. The fourth-order valence-electron chi connectivity index (χ4n) is 5.99. The molecule has 1 spiro atoms. The second kappa shape index (κ2) is 7.85. The highest BCUT2D eigenvalue weighted by atomic mass is 35.5. The quantitative estimate of drug-likeness (QED) is 0.304. The van der Waals surface area contributed by atoms with E-state index in [0.29, 0.717) is 44.6 Å². The van der Waals surface area contributed by atoms with E-state index < -0.39 is 5.41 Å². The average Bonchev–Trinajstić information content (AvgIpc) is 3.54. The Balaban J connectivity index is 1.64. The van der Waals surface area contributed by atoms with Crippen molar-refractivity contribution in [2.75, 3.05) is 10.6 Å². The molecule has 0 bridgehead atoms. The standard InChI is InChI=1S/C30H21ClN6O/c1-17-26-28(37(35-17)19-8-4-3-5-9-19)34-27(21-16-36(2)25-11-7-6-10-20(21)25)23(15-32)30(26)22-14-18(31)12-13-24(22)33-29(30)38/h3-14,16,34H,1-2H3,(H,33,38). The number of hydrogen-bond donors (Lipinski definition) is 2. The number of nitriles is 1. The normalized spacial score (nSPS) is 17.8. The molecular weight excluding hydrogens is 496 g/mol. The first-order valence-corrected chi connectivity index (χ1v) is 12.6. The van der Waals surface area contributed by atoms with Gasteiger partial charge in [-0.3, -0.25) is 4.79 Å². The lowest BCUT2D eigenvalue weighted by atomic mass is 9.67. The Morgan fingerprint density at radius 2 is 1.79 bits per heavy atom. The molecule has 7 nitrogen and oxygen atoms in total. The number of carbonyl (C=O) groups excluding carboxylic acids is 1. The van der Waals surface area contributed by atoms with Crippen molar-refractivity contribution in [3.05, 3.63) is 112 Å². The molecule has 4 heterocycles. The third kappa shape index (κ3) is 2.78. The van der Waals surface area contributed by atoms with Crippen LogP contribution in [0, 0.1) is 18.3 Å². The third-order valence-corrected chi connectivity index (χ3v) is 7.79. The summed E-state index contributed by atoms with van der Waals surface area (Å²) in [6.07, 6.45) is 1.99. The molecule has 3 aromatic carbocycles. The topological polar surface area (TPSA) is 87.7 Å². The molecule has 7 rings (SSSR count). The van der Waals surface area contributed by atoms with E-state index in [1.165, 1.54) is 0 Å². The molecule has 1 amide bonds. The molecular formula is C30H21ClN6O. The Bertz CT molecular complexity index is 1890. The summed E-state index contributed by atoms with van der Waals surface area (Å²) in [4.78, 5) is 14.2. The van der Waals surface area contributed by atoms with E-state index in [2.05, 4.69) is 16.7 Å². The summed E-state index contributed by atoms with van der Waals surface area (Å²) in [6, 6.07) is 25.5. The lowest BCUT2D eigenvalue weighted by Crippen LogP contribution is -2.42. The van der Waals surface area contributed by atoms with Gasteiger partial charge in [0.2, 0.25) is 5.91 Å². The van der Waals surface area contributed by atoms with Crippen molar-refractivity contribution < 1.29 is 4.79 Å². The lowest BCUT2D eigenvalue weighted by molar-refractivity contribution is -0.118. The van der Waals surface area contributed by atoms with Gasteiger partial charge in [-0.25, -0.2) is 4.68 Å². The van der Waals surface area contributed by atoms with Crippen LogP contribution in [-0.2, 0) is 17.3 Å². The number of carbonyl (C=O) groups is 1. The van der Waals surface area contributed by atoms with Crippen LogP contribution in [0.1, 0.15) is 22.4 Å². The van der Waals surface area contributed by atoms with Gasteiger partial charge in [0.05, 0.1) is 28.7 Å². The van der Waals surface area contributed by atoms with Gasteiger partial charge in [-0.05, 0) is 43.3 Å². The minimum Gasteiger partial charge on any atom is -0.350 e. The predicted molar refractivity (Wildman–Crippen MR) is 148 cm³/mol. The molecule has 0 saturated heterocycles. The van der Waals surface area contributed by atoms with Crippen molar-refractivity contribution in [2.24, 2.45) is 7.05 Å². The summed E-state index contributed by atoms with van der Waals surface area (Å²) in [7, 11) is 1.97. The van der Waals surface area contributed by atoms with Gasteiger partial charge in [0.1, 0.15) is 11.2 Å². The molecule has 0 fully saturated rings. The Labute approximate surface area is 223 Å². The number of rotatable bonds is 2. The fraction of sp³-hybridized carbons (Fsp3) is 0.100. The monoisotopic (exact) mass is 516 g/mol. The van der Waals surface area contributed by atoms with E-state index in [9.17, 15) is 10.1 Å². The summed E-state index contributed by atoms with van der Waals surface area (Å²) >= 11 is 6.49. The summed E-state index contributed by atoms with van der Waals surface area (Å²) in [5.74, 6) is 0.334. The molecule has 0 saturated carbocycles. The van der Waals surface area contributed by atoms with Crippen LogP contribution in [0.5, 0.6) is 0 Å². The number of para-hydroxylation sites is 2. The molecule has 0 aliphatic carbocycles. The average molecular weight is 517 g/mol. The third-order valence-electron chi connectivity index (χ3n) is 7.56. The first-order valence-electron chi connectivity index (χ1n) is 12.2. The van der Waals surface area contributed by atoms with E-state index in [4.69, 9.17) is 16.7 Å². The summed E-state index contributed by atoms with van der Waals surface area (Å²) in [6.45, 7) is 1.87. The van der Waals surface area contributed by atoms with Crippen molar-refractivity contribution in [1.29, 1.82) is 5.26 Å². The van der Waals surface area contributed by atoms with Crippen LogP contribution >= 0.6 is 11.6 Å². The van der Waals surface area contributed by atoms with E-state index in [0.717, 1.165) is 22.2 Å². The minimum absolute atomic E-state index is 0.301. The zero-order valence-electron chi connectivity index (χ0n) is 20.6. The van der Waals surface area contributed by atoms with Crippen molar-refractivity contribution in [3.8, 4) is 11.8 Å². The van der Waals surface area contributed by atoms with Crippen LogP contribution in [-0.4, -0.2) is 20.3 Å². The van der Waals surface area contributed by atoms with Gasteiger partial charge in [0.25, 0.3) is 0 Å². The number of fused-ring (bicyclic) bond motifs is 5. The number of aryl methyl sites for hydroxylation is 2. The van der Waals surface area contributed by atoms with Gasteiger partial charge in [-0.15, -0.1) is 0 Å². The molecule has 1 atom stereocenters. The second-order valence-corrected chi connectivity index (χ2v) is 10.0. The van der Waals surface area contributed by atoms with Crippen molar-refractivity contribution in [1.82, 2.24) is 14.3 Å². The highest BCUT2D eigenvalue weighted by Gasteiger charge is 2.58. The number of nitrogens with one attached hydrogen (secondary N) is 2. The Kier molecular flexibility index (Phi) is 4.63. The van der Waals surface area contributed by atoms with E-state index in [1.807, 2.05) is 84.0 Å². The van der Waals surface area contributed by atoms with Crippen LogP contribution in [0.15, 0.2) is 84.6 Å². The van der Waals surface area contributed by atoms with E-state index >= 15 is 0 Å². The number of aromatic nitrogens is 3. The molecule has 38 heavy (non-hydrogen) atoms. The second-order valence-electron chi connectivity index (χ2n) is 9.61. The van der Waals surface area contributed by atoms with Gasteiger partial charge in [0, 0.05) is 51.5 Å². The first kappa shape index (κ1) is 22.4. The summed E-state index contributed by atoms with van der Waals surface area (Å²) in [5.41, 5.74) is 4.66. The Morgan fingerprint density at radius 1 is 1.03 bits per heavy atom. The van der Waals surface area contributed by atoms with Gasteiger partial charge >= 0.3 is 0 Å².